The van der Waals surface area contributed by atoms with Gasteiger partial charge in [-0.05, 0) is 19.1 Å². The SMILES string of the molecule is COc1cccc2cc(C(=O)Nc3nnc(-c4ccc(C)cc4)s3)oc12. The van der Waals surface area contributed by atoms with Crippen LogP contribution < -0.4 is 10.1 Å². The number of amides is 1. The number of para-hydroxylation sites is 1. The fraction of sp³-hybridized carbons (Fsp3) is 0.105. The average molecular weight is 365 g/mol. The largest absolute Gasteiger partial charge is 0.493 e. The summed E-state index contributed by atoms with van der Waals surface area (Å²) in [5, 5.41) is 12.9. The number of furan rings is 1. The number of hydrogen-bond donors (Lipinski definition) is 1. The van der Waals surface area contributed by atoms with E-state index in [-0.39, 0.29) is 11.7 Å². The van der Waals surface area contributed by atoms with Gasteiger partial charge in [0.1, 0.15) is 5.01 Å². The summed E-state index contributed by atoms with van der Waals surface area (Å²) in [6.45, 7) is 2.03. The van der Waals surface area contributed by atoms with Crippen LogP contribution in [0.15, 0.2) is 52.9 Å². The molecule has 1 N–H and O–H groups in total. The van der Waals surface area contributed by atoms with Crippen LogP contribution in [0.4, 0.5) is 5.13 Å². The number of carbonyl (C=O) groups is 1. The maximum absolute atomic E-state index is 12.5. The molecule has 0 aliphatic rings. The van der Waals surface area contributed by atoms with Gasteiger partial charge in [0, 0.05) is 10.9 Å². The Kier molecular flexibility index (Phi) is 4.14. The molecule has 7 heteroatoms. The van der Waals surface area contributed by atoms with Crippen molar-refractivity contribution in [3.63, 3.8) is 0 Å². The number of hydrogen-bond acceptors (Lipinski definition) is 6. The van der Waals surface area contributed by atoms with Crippen LogP contribution in [0.3, 0.4) is 0 Å². The number of nitrogens with one attached hydrogen (secondary N) is 1. The lowest BCUT2D eigenvalue weighted by Gasteiger charge is -1.99. The molecule has 130 valence electrons. The number of benzene rings is 2. The van der Waals surface area contributed by atoms with Crippen LogP contribution in [-0.2, 0) is 0 Å². The molecule has 0 aliphatic heterocycles. The molecule has 4 rings (SSSR count). The topological polar surface area (TPSA) is 77.2 Å². The molecule has 2 heterocycles. The third kappa shape index (κ3) is 3.04. The number of aryl methyl sites for hydroxylation is 1. The molecule has 4 aromatic rings. The number of nitrogens with zero attached hydrogens (tertiary/aromatic N) is 2. The van der Waals surface area contributed by atoms with Gasteiger partial charge in [0.25, 0.3) is 5.91 Å². The summed E-state index contributed by atoms with van der Waals surface area (Å²) in [6, 6.07) is 15.1. The van der Waals surface area contributed by atoms with Gasteiger partial charge >= 0.3 is 0 Å². The first kappa shape index (κ1) is 16.3. The summed E-state index contributed by atoms with van der Waals surface area (Å²) >= 11 is 1.31. The third-order valence-electron chi connectivity index (χ3n) is 3.90. The summed E-state index contributed by atoms with van der Waals surface area (Å²) in [5.41, 5.74) is 2.67. The van der Waals surface area contributed by atoms with Crippen molar-refractivity contribution in [3.8, 4) is 16.3 Å². The van der Waals surface area contributed by atoms with Crippen LogP contribution in [0.2, 0.25) is 0 Å². The number of aromatic nitrogens is 2. The molecule has 0 spiro atoms. The molecular weight excluding hydrogens is 350 g/mol. The molecule has 0 atom stereocenters. The molecule has 0 radical (unpaired) electrons. The fourth-order valence-electron chi connectivity index (χ4n) is 2.55. The molecule has 0 unspecified atom stereocenters. The molecule has 26 heavy (non-hydrogen) atoms. The first-order valence-corrected chi connectivity index (χ1v) is 8.74. The number of anilines is 1. The Hall–Kier alpha value is -3.19. The molecule has 0 saturated carbocycles. The highest BCUT2D eigenvalue weighted by molar-refractivity contribution is 7.18. The highest BCUT2D eigenvalue weighted by Gasteiger charge is 2.17. The van der Waals surface area contributed by atoms with E-state index in [9.17, 15) is 4.79 Å². The lowest BCUT2D eigenvalue weighted by molar-refractivity contribution is 0.0998. The minimum absolute atomic E-state index is 0.191. The normalized spacial score (nSPS) is 10.8. The number of rotatable bonds is 4. The van der Waals surface area contributed by atoms with Crippen LogP contribution in [-0.4, -0.2) is 23.2 Å². The van der Waals surface area contributed by atoms with Crippen molar-refractivity contribution >= 4 is 33.3 Å². The van der Waals surface area contributed by atoms with E-state index < -0.39 is 0 Å². The van der Waals surface area contributed by atoms with Gasteiger partial charge in [-0.25, -0.2) is 0 Å². The summed E-state index contributed by atoms with van der Waals surface area (Å²) in [6.07, 6.45) is 0. The maximum atomic E-state index is 12.5. The van der Waals surface area contributed by atoms with Crippen molar-refractivity contribution in [1.82, 2.24) is 10.2 Å². The van der Waals surface area contributed by atoms with E-state index in [0.29, 0.717) is 16.5 Å². The predicted octanol–water partition coefficient (Wildman–Crippen LogP) is 4.52. The molecular formula is C19H15N3O3S. The highest BCUT2D eigenvalue weighted by Crippen LogP contribution is 2.30. The number of ether oxygens (including phenoxy) is 1. The minimum atomic E-state index is -0.380. The summed E-state index contributed by atoms with van der Waals surface area (Å²) in [7, 11) is 1.56. The smallest absolute Gasteiger partial charge is 0.293 e. The Bertz CT molecular complexity index is 1080. The van der Waals surface area contributed by atoms with E-state index in [1.54, 1.807) is 19.2 Å². The number of carbonyl (C=O) groups excluding carboxylic acids is 1. The first-order chi connectivity index (χ1) is 12.6. The maximum Gasteiger partial charge on any atom is 0.293 e. The minimum Gasteiger partial charge on any atom is -0.493 e. The van der Waals surface area contributed by atoms with Crippen LogP contribution in [0.5, 0.6) is 5.75 Å². The van der Waals surface area contributed by atoms with Crippen LogP contribution in [0, 0.1) is 6.92 Å². The Morgan fingerprint density at radius 1 is 1.15 bits per heavy atom. The molecule has 1 amide bonds. The average Bonchev–Trinajstić information content (AvgIpc) is 3.29. The second kappa shape index (κ2) is 6.61. The molecule has 2 aromatic heterocycles. The standard InChI is InChI=1S/C19H15N3O3S/c1-11-6-8-12(9-7-11)18-21-22-19(26-18)20-17(23)15-10-13-4-3-5-14(24-2)16(13)25-15/h3-10H,1-2H3,(H,20,22,23). The van der Waals surface area contributed by atoms with Crippen LogP contribution in [0.1, 0.15) is 16.1 Å². The molecule has 0 bridgehead atoms. The van der Waals surface area contributed by atoms with Crippen molar-refractivity contribution in [3.05, 3.63) is 59.9 Å². The lowest BCUT2D eigenvalue weighted by Crippen LogP contribution is -2.10. The second-order valence-corrected chi connectivity index (χ2v) is 6.70. The fourth-order valence-corrected chi connectivity index (χ4v) is 3.30. The van der Waals surface area contributed by atoms with E-state index in [0.717, 1.165) is 16.0 Å². The first-order valence-electron chi connectivity index (χ1n) is 7.92. The highest BCUT2D eigenvalue weighted by atomic mass is 32.1. The molecule has 6 nitrogen and oxygen atoms in total. The lowest BCUT2D eigenvalue weighted by atomic mass is 10.2. The van der Waals surface area contributed by atoms with Crippen molar-refractivity contribution in [1.29, 1.82) is 0 Å². The Morgan fingerprint density at radius 2 is 1.96 bits per heavy atom. The van der Waals surface area contributed by atoms with Gasteiger partial charge in [-0.15, -0.1) is 10.2 Å². The van der Waals surface area contributed by atoms with Gasteiger partial charge < -0.3 is 9.15 Å². The Morgan fingerprint density at radius 3 is 2.73 bits per heavy atom. The quantitative estimate of drug-likeness (QED) is 0.575. The van der Waals surface area contributed by atoms with Crippen LogP contribution in [0.25, 0.3) is 21.5 Å². The molecule has 0 aliphatic carbocycles. The molecule has 2 aromatic carbocycles. The summed E-state index contributed by atoms with van der Waals surface area (Å²) < 4.78 is 10.9. The summed E-state index contributed by atoms with van der Waals surface area (Å²) in [4.78, 5) is 12.5. The van der Waals surface area contributed by atoms with E-state index in [1.807, 2.05) is 43.3 Å². The third-order valence-corrected chi connectivity index (χ3v) is 4.78. The van der Waals surface area contributed by atoms with Gasteiger partial charge in [-0.2, -0.15) is 0 Å². The Labute approximate surface area is 153 Å². The predicted molar refractivity (Wildman–Crippen MR) is 101 cm³/mol. The van der Waals surface area contributed by atoms with Crippen molar-refractivity contribution < 1.29 is 13.9 Å². The van der Waals surface area contributed by atoms with Gasteiger partial charge in [-0.3, -0.25) is 10.1 Å². The monoisotopic (exact) mass is 365 g/mol. The van der Waals surface area contributed by atoms with Crippen molar-refractivity contribution in [2.75, 3.05) is 12.4 Å². The van der Waals surface area contributed by atoms with E-state index >= 15 is 0 Å². The number of fused-ring (bicyclic) bond motifs is 1. The zero-order valence-electron chi connectivity index (χ0n) is 14.1. The van der Waals surface area contributed by atoms with E-state index in [1.165, 1.54) is 16.9 Å². The van der Waals surface area contributed by atoms with Gasteiger partial charge in [0.15, 0.2) is 17.1 Å². The Balaban J connectivity index is 1.56. The van der Waals surface area contributed by atoms with E-state index in [4.69, 9.17) is 9.15 Å². The second-order valence-electron chi connectivity index (χ2n) is 5.72. The van der Waals surface area contributed by atoms with Gasteiger partial charge in [-0.1, -0.05) is 53.3 Å². The van der Waals surface area contributed by atoms with Crippen molar-refractivity contribution in [2.24, 2.45) is 0 Å². The number of methoxy groups -OCH3 is 1. The zero-order chi connectivity index (χ0) is 18.1. The zero-order valence-corrected chi connectivity index (χ0v) is 15.0. The molecule has 0 fully saturated rings. The van der Waals surface area contributed by atoms with Crippen LogP contribution >= 0.6 is 11.3 Å². The van der Waals surface area contributed by atoms with Crippen molar-refractivity contribution in [2.45, 2.75) is 6.92 Å². The van der Waals surface area contributed by atoms with Gasteiger partial charge in [0.2, 0.25) is 5.13 Å². The molecule has 0 saturated heterocycles. The van der Waals surface area contributed by atoms with Gasteiger partial charge in [0.05, 0.1) is 7.11 Å². The van der Waals surface area contributed by atoms with E-state index in [2.05, 4.69) is 15.5 Å². The summed E-state index contributed by atoms with van der Waals surface area (Å²) in [5.74, 6) is 0.394.